The lowest BCUT2D eigenvalue weighted by molar-refractivity contribution is 0.129. The zero-order chi connectivity index (χ0) is 11.7. The summed E-state index contributed by atoms with van der Waals surface area (Å²) in [6.45, 7) is 3.18. The monoisotopic (exact) mass is 235 g/mol. The molecule has 2 heterocycles. The first-order valence-electron chi connectivity index (χ1n) is 6.76. The van der Waals surface area contributed by atoms with Gasteiger partial charge in [-0.15, -0.1) is 0 Å². The maximum atomic E-state index is 5.84. The van der Waals surface area contributed by atoms with Gasteiger partial charge in [-0.1, -0.05) is 11.6 Å². The Bertz CT molecular complexity index is 370. The number of piperidine rings is 1. The van der Waals surface area contributed by atoms with Crippen LogP contribution in [0.25, 0.3) is 0 Å². The lowest BCUT2D eigenvalue weighted by Gasteiger charge is -2.38. The van der Waals surface area contributed by atoms with Crippen molar-refractivity contribution < 1.29 is 4.52 Å². The summed E-state index contributed by atoms with van der Waals surface area (Å²) in [6, 6.07) is 0.499. The molecule has 2 unspecified atom stereocenters. The third-order valence-corrected chi connectivity index (χ3v) is 4.23. The van der Waals surface area contributed by atoms with Gasteiger partial charge in [0.05, 0.1) is 6.20 Å². The van der Waals surface area contributed by atoms with E-state index in [4.69, 9.17) is 10.3 Å². The number of likely N-dealkylation sites (tertiary alicyclic amines) is 1. The summed E-state index contributed by atoms with van der Waals surface area (Å²) in [5.74, 6) is 1.63. The van der Waals surface area contributed by atoms with Crippen molar-refractivity contribution in [3.05, 3.63) is 17.5 Å². The van der Waals surface area contributed by atoms with Gasteiger partial charge in [0, 0.05) is 18.0 Å². The fraction of sp³-hybridized carbons (Fsp3) is 0.769. The molecule has 0 radical (unpaired) electrons. The number of nitrogens with zero attached hydrogens (tertiary/aromatic N) is 2. The molecule has 1 saturated heterocycles. The number of fused-ring (bicyclic) bond motifs is 1. The van der Waals surface area contributed by atoms with E-state index < -0.39 is 0 Å². The van der Waals surface area contributed by atoms with Crippen molar-refractivity contribution >= 4 is 0 Å². The normalized spacial score (nSPS) is 30.2. The SMILES string of the molecule is NCC1Cc2oncc2C(N2CCCCC2)C1. The molecule has 1 fully saturated rings. The fourth-order valence-corrected chi connectivity index (χ4v) is 3.24. The third-order valence-electron chi connectivity index (χ3n) is 4.23. The van der Waals surface area contributed by atoms with Crippen LogP contribution in [0.5, 0.6) is 0 Å². The molecule has 1 aliphatic carbocycles. The summed E-state index contributed by atoms with van der Waals surface area (Å²) < 4.78 is 5.38. The van der Waals surface area contributed by atoms with Crippen LogP contribution in [-0.2, 0) is 6.42 Å². The van der Waals surface area contributed by atoms with E-state index in [0.29, 0.717) is 12.0 Å². The van der Waals surface area contributed by atoms with Crippen molar-refractivity contribution in [2.75, 3.05) is 19.6 Å². The number of rotatable bonds is 2. The van der Waals surface area contributed by atoms with Crippen LogP contribution >= 0.6 is 0 Å². The van der Waals surface area contributed by atoms with Gasteiger partial charge in [-0.2, -0.15) is 0 Å². The van der Waals surface area contributed by atoms with E-state index in [0.717, 1.165) is 18.7 Å². The zero-order valence-electron chi connectivity index (χ0n) is 10.3. The minimum absolute atomic E-state index is 0.499. The molecule has 0 amide bonds. The van der Waals surface area contributed by atoms with Crippen LogP contribution in [0.3, 0.4) is 0 Å². The molecule has 0 saturated carbocycles. The average molecular weight is 235 g/mol. The molecule has 1 aliphatic heterocycles. The van der Waals surface area contributed by atoms with E-state index in [1.807, 2.05) is 6.20 Å². The van der Waals surface area contributed by atoms with Gasteiger partial charge in [0.2, 0.25) is 0 Å². The van der Waals surface area contributed by atoms with Gasteiger partial charge in [-0.25, -0.2) is 0 Å². The van der Waals surface area contributed by atoms with E-state index >= 15 is 0 Å². The molecule has 4 nitrogen and oxygen atoms in total. The quantitative estimate of drug-likeness (QED) is 0.848. The summed E-state index contributed by atoms with van der Waals surface area (Å²) in [6.07, 6.45) is 8.08. The zero-order valence-corrected chi connectivity index (χ0v) is 10.3. The molecule has 0 aromatic carbocycles. The predicted octanol–water partition coefficient (Wildman–Crippen LogP) is 1.72. The van der Waals surface area contributed by atoms with Crippen molar-refractivity contribution in [2.45, 2.75) is 38.1 Å². The minimum atomic E-state index is 0.499. The molecule has 2 N–H and O–H groups in total. The second kappa shape index (κ2) is 4.78. The summed E-state index contributed by atoms with van der Waals surface area (Å²) in [7, 11) is 0. The van der Waals surface area contributed by atoms with Crippen LogP contribution < -0.4 is 5.73 Å². The van der Waals surface area contributed by atoms with Gasteiger partial charge in [0.15, 0.2) is 0 Å². The van der Waals surface area contributed by atoms with Crippen molar-refractivity contribution in [3.63, 3.8) is 0 Å². The Kier molecular flexibility index (Phi) is 3.16. The van der Waals surface area contributed by atoms with E-state index in [9.17, 15) is 0 Å². The van der Waals surface area contributed by atoms with Crippen LogP contribution in [0, 0.1) is 5.92 Å². The lowest BCUT2D eigenvalue weighted by atomic mass is 9.83. The highest BCUT2D eigenvalue weighted by Crippen LogP contribution is 2.37. The molecule has 4 heteroatoms. The Morgan fingerprint density at radius 3 is 2.94 bits per heavy atom. The Hall–Kier alpha value is -0.870. The topological polar surface area (TPSA) is 55.3 Å². The van der Waals surface area contributed by atoms with Crippen LogP contribution in [0.2, 0.25) is 0 Å². The largest absolute Gasteiger partial charge is 0.361 e. The van der Waals surface area contributed by atoms with Crippen LogP contribution in [-0.4, -0.2) is 29.7 Å². The number of hydrogen-bond donors (Lipinski definition) is 1. The Labute approximate surface area is 102 Å². The summed E-state index contributed by atoms with van der Waals surface area (Å²) in [5, 5.41) is 3.98. The van der Waals surface area contributed by atoms with Gasteiger partial charge >= 0.3 is 0 Å². The Morgan fingerprint density at radius 1 is 1.35 bits per heavy atom. The summed E-state index contributed by atoms with van der Waals surface area (Å²) in [5.41, 5.74) is 7.16. The smallest absolute Gasteiger partial charge is 0.141 e. The van der Waals surface area contributed by atoms with Crippen molar-refractivity contribution in [2.24, 2.45) is 11.7 Å². The van der Waals surface area contributed by atoms with Crippen molar-refractivity contribution in [1.29, 1.82) is 0 Å². The molecule has 94 valence electrons. The highest BCUT2D eigenvalue weighted by molar-refractivity contribution is 5.22. The van der Waals surface area contributed by atoms with Crippen LogP contribution in [0.15, 0.2) is 10.7 Å². The molecular weight excluding hydrogens is 214 g/mol. The molecule has 2 atom stereocenters. The van der Waals surface area contributed by atoms with E-state index in [-0.39, 0.29) is 0 Å². The van der Waals surface area contributed by atoms with Crippen LogP contribution in [0.4, 0.5) is 0 Å². The number of hydrogen-bond acceptors (Lipinski definition) is 4. The molecule has 3 rings (SSSR count). The van der Waals surface area contributed by atoms with E-state index in [2.05, 4.69) is 10.1 Å². The highest BCUT2D eigenvalue weighted by atomic mass is 16.5. The van der Waals surface area contributed by atoms with Crippen molar-refractivity contribution in [3.8, 4) is 0 Å². The van der Waals surface area contributed by atoms with Gasteiger partial charge < -0.3 is 10.3 Å². The van der Waals surface area contributed by atoms with Crippen molar-refractivity contribution in [1.82, 2.24) is 10.1 Å². The van der Waals surface area contributed by atoms with Crippen LogP contribution in [0.1, 0.15) is 43.0 Å². The first-order valence-corrected chi connectivity index (χ1v) is 6.76. The number of nitrogens with two attached hydrogens (primary N) is 1. The Balaban J connectivity index is 1.83. The Morgan fingerprint density at radius 2 is 2.18 bits per heavy atom. The first kappa shape index (κ1) is 11.2. The molecule has 1 aromatic heterocycles. The minimum Gasteiger partial charge on any atom is -0.361 e. The summed E-state index contributed by atoms with van der Waals surface area (Å²) in [4.78, 5) is 2.60. The maximum absolute atomic E-state index is 5.84. The second-order valence-corrected chi connectivity index (χ2v) is 5.36. The maximum Gasteiger partial charge on any atom is 0.141 e. The lowest BCUT2D eigenvalue weighted by Crippen LogP contribution is -2.38. The first-order chi connectivity index (χ1) is 8.38. The average Bonchev–Trinajstić information content (AvgIpc) is 2.86. The molecule has 0 spiro atoms. The predicted molar refractivity (Wildman–Crippen MR) is 65.5 cm³/mol. The molecule has 1 aromatic rings. The molecular formula is C13H21N3O. The van der Waals surface area contributed by atoms with Gasteiger partial charge in [-0.05, 0) is 44.8 Å². The second-order valence-electron chi connectivity index (χ2n) is 5.36. The molecule has 0 bridgehead atoms. The summed E-state index contributed by atoms with van der Waals surface area (Å²) >= 11 is 0. The standard InChI is InChI=1S/C13H21N3O/c14-8-10-6-12(16-4-2-1-3-5-16)11-9-15-17-13(11)7-10/h9-10,12H,1-8,14H2. The highest BCUT2D eigenvalue weighted by Gasteiger charge is 2.33. The van der Waals surface area contributed by atoms with Gasteiger partial charge in [0.25, 0.3) is 0 Å². The van der Waals surface area contributed by atoms with Gasteiger partial charge in [-0.3, -0.25) is 4.90 Å². The van der Waals surface area contributed by atoms with E-state index in [1.165, 1.54) is 44.3 Å². The third kappa shape index (κ3) is 2.11. The number of aromatic nitrogens is 1. The van der Waals surface area contributed by atoms with Gasteiger partial charge in [0.1, 0.15) is 5.76 Å². The fourth-order valence-electron chi connectivity index (χ4n) is 3.24. The van der Waals surface area contributed by atoms with E-state index in [1.54, 1.807) is 0 Å². The molecule has 17 heavy (non-hydrogen) atoms. The molecule has 2 aliphatic rings.